The fourth-order valence-electron chi connectivity index (χ4n) is 10.9. The van der Waals surface area contributed by atoms with Gasteiger partial charge in [-0.2, -0.15) is 0 Å². The van der Waals surface area contributed by atoms with Crippen LogP contribution < -0.4 is 0 Å². The molecule has 0 saturated heterocycles. The van der Waals surface area contributed by atoms with E-state index in [1.165, 1.54) is 89.0 Å². The first-order valence-corrected chi connectivity index (χ1v) is 38.8. The monoisotopic (exact) mass is 921 g/mol. The molecule has 8 rings (SSSR count). The van der Waals surface area contributed by atoms with Crippen LogP contribution in [0.15, 0.2) is 145 Å². The van der Waals surface area contributed by atoms with Crippen LogP contribution in [0.2, 0.25) is 13.1 Å². The van der Waals surface area contributed by atoms with E-state index in [1.807, 2.05) is 0 Å². The summed E-state index contributed by atoms with van der Waals surface area (Å²) in [4.78, 5) is 0. The van der Waals surface area contributed by atoms with Gasteiger partial charge >= 0.3 is 373 Å². The van der Waals surface area contributed by atoms with Crippen molar-refractivity contribution >= 4 is 35.1 Å². The summed E-state index contributed by atoms with van der Waals surface area (Å²) in [6, 6.07) is 49.6. The summed E-state index contributed by atoms with van der Waals surface area (Å²) in [5.41, 5.74) is 21.4. The molecule has 2 aliphatic carbocycles. The predicted octanol–water partition coefficient (Wildman–Crippen LogP) is 17.8. The van der Waals surface area contributed by atoms with Crippen LogP contribution in [0.5, 0.6) is 0 Å². The van der Waals surface area contributed by atoms with E-state index in [4.69, 9.17) is 17.0 Å². The van der Waals surface area contributed by atoms with Crippen LogP contribution in [0.25, 0.3) is 56.7 Å². The van der Waals surface area contributed by atoms with Crippen molar-refractivity contribution in [3.8, 4) is 44.5 Å². The summed E-state index contributed by atoms with van der Waals surface area (Å²) in [5.74, 6) is -1.08. The zero-order valence-corrected chi connectivity index (χ0v) is 42.0. The molecule has 307 valence electrons. The normalized spacial score (nSPS) is 16.8. The predicted molar refractivity (Wildman–Crippen MR) is 265 cm³/mol. The third-order valence-electron chi connectivity index (χ3n) is 13.7. The molecule has 60 heavy (non-hydrogen) atoms. The Kier molecular flexibility index (Phi) is 12.5. The molecule has 0 nitrogen and oxygen atoms in total. The first-order valence-electron chi connectivity index (χ1n) is 22.5. The van der Waals surface area contributed by atoms with Crippen molar-refractivity contribution < 1.29 is 15.6 Å². The minimum atomic E-state index is -5.09. The fourth-order valence-corrected chi connectivity index (χ4v) is 42.4. The number of hydrogen-bond acceptors (Lipinski definition) is 0. The van der Waals surface area contributed by atoms with Crippen molar-refractivity contribution in [1.82, 2.24) is 0 Å². The summed E-state index contributed by atoms with van der Waals surface area (Å²) in [7, 11) is 18.1. The quantitative estimate of drug-likeness (QED) is 0.101. The Morgan fingerprint density at radius 1 is 0.483 bits per heavy atom. The SMILES string of the molecule is CCCC1=Cc2c(ccc(C(C)C)c2-c2ccccc2-c2ccccc2)[CH]1[Zr]([Cl])([Cl])([CH]1C(CCC)=Cc2c1ccc(C(C)C)c2-c1ccccc1-c1ccccc1)[SiH](C)C. The van der Waals surface area contributed by atoms with Gasteiger partial charge in [-0.05, 0) is 0 Å². The molecule has 0 fully saturated rings. The van der Waals surface area contributed by atoms with E-state index >= 15 is 0 Å². The van der Waals surface area contributed by atoms with Crippen LogP contribution in [0, 0.1) is 0 Å². The summed E-state index contributed by atoms with van der Waals surface area (Å²) in [6.07, 6.45) is 9.25. The molecule has 4 heteroatoms. The Balaban J connectivity index is 1.40. The van der Waals surface area contributed by atoms with Gasteiger partial charge in [-0.25, -0.2) is 0 Å². The number of benzene rings is 6. The topological polar surface area (TPSA) is 0 Å². The van der Waals surface area contributed by atoms with E-state index in [1.54, 1.807) is 0 Å². The van der Waals surface area contributed by atoms with Crippen molar-refractivity contribution in [1.29, 1.82) is 0 Å². The molecule has 6 aromatic carbocycles. The zero-order valence-electron chi connectivity index (χ0n) is 36.8. The Bertz CT molecular complexity index is 2420. The van der Waals surface area contributed by atoms with Crippen LogP contribution in [0.4, 0.5) is 0 Å². The number of halogens is 2. The van der Waals surface area contributed by atoms with Crippen LogP contribution in [0.1, 0.15) is 120 Å². The van der Waals surface area contributed by atoms with Crippen molar-refractivity contribution in [2.24, 2.45) is 0 Å². The van der Waals surface area contributed by atoms with E-state index in [2.05, 4.69) is 200 Å². The number of allylic oxidation sites excluding steroid dienone is 2. The van der Waals surface area contributed by atoms with Crippen molar-refractivity contribution in [3.05, 3.63) is 178 Å². The van der Waals surface area contributed by atoms with Gasteiger partial charge in [0, 0.05) is 0 Å². The van der Waals surface area contributed by atoms with Gasteiger partial charge in [0.15, 0.2) is 0 Å². The molecule has 2 atom stereocenters. The average molecular weight is 924 g/mol. The van der Waals surface area contributed by atoms with Crippen LogP contribution >= 0.6 is 17.0 Å². The third kappa shape index (κ3) is 7.26. The summed E-state index contributed by atoms with van der Waals surface area (Å²) in [6.45, 7) is 19.0. The Morgan fingerprint density at radius 3 is 1.17 bits per heavy atom. The van der Waals surface area contributed by atoms with E-state index in [0.29, 0.717) is 11.8 Å². The van der Waals surface area contributed by atoms with Crippen molar-refractivity contribution in [3.63, 3.8) is 0 Å². The molecule has 2 aliphatic rings. The standard InChI is InChI=1S/2C27H27.C2H7Si.2ClH.Zr/c2*1-4-10-20-17-22-15-16-23(19(2)3)27(26(22)18-20)25-14-9-8-13-24(25)21-11-6-5-7-12-21;1-3-2;;;/h2*5-9,11-19H,4,10H2,1-3H3;3H,1-2H3;2*1H;/q;;;;;+2/p-2. The van der Waals surface area contributed by atoms with Crippen LogP contribution in [-0.2, 0) is 15.6 Å². The molecular formula is C56H61Cl2SiZr. The summed E-state index contributed by atoms with van der Waals surface area (Å²) in [5, 5.41) is 0. The molecule has 0 aromatic heterocycles. The Hall–Kier alpha value is -3.52. The molecule has 0 radical (unpaired) electrons. The van der Waals surface area contributed by atoms with E-state index in [9.17, 15) is 0 Å². The summed E-state index contributed by atoms with van der Waals surface area (Å²) >= 11 is -5.09. The van der Waals surface area contributed by atoms with Gasteiger partial charge < -0.3 is 0 Å². The minimum absolute atomic E-state index is 0.0428. The van der Waals surface area contributed by atoms with E-state index in [0.717, 1.165) is 25.7 Å². The molecule has 0 N–H and O–H groups in total. The molecular weight excluding hydrogens is 863 g/mol. The second kappa shape index (κ2) is 17.3. The molecule has 0 amide bonds. The first kappa shape index (κ1) is 43.1. The van der Waals surface area contributed by atoms with Gasteiger partial charge in [0.25, 0.3) is 0 Å². The van der Waals surface area contributed by atoms with Crippen LogP contribution in [-0.4, -0.2) is 5.92 Å². The number of hydrogen-bond donors (Lipinski definition) is 0. The van der Waals surface area contributed by atoms with Gasteiger partial charge in [0.05, 0.1) is 0 Å². The van der Waals surface area contributed by atoms with Gasteiger partial charge in [-0.1, -0.05) is 0 Å². The molecule has 2 unspecified atom stereocenters. The molecule has 0 heterocycles. The van der Waals surface area contributed by atoms with Crippen molar-refractivity contribution in [2.45, 2.75) is 99.4 Å². The van der Waals surface area contributed by atoms with E-state index in [-0.39, 0.29) is 7.25 Å². The Labute approximate surface area is 369 Å². The molecule has 0 bridgehead atoms. The zero-order chi connectivity index (χ0) is 42.4. The van der Waals surface area contributed by atoms with Gasteiger partial charge in [-0.3, -0.25) is 0 Å². The maximum atomic E-state index is 9.07. The van der Waals surface area contributed by atoms with E-state index < -0.39 is 21.5 Å². The second-order valence-electron chi connectivity index (χ2n) is 18.4. The number of rotatable bonds is 13. The van der Waals surface area contributed by atoms with Gasteiger partial charge in [0.2, 0.25) is 0 Å². The maximum absolute atomic E-state index is 9.07. The van der Waals surface area contributed by atoms with Crippen molar-refractivity contribution in [2.75, 3.05) is 0 Å². The Morgan fingerprint density at radius 2 is 0.833 bits per heavy atom. The van der Waals surface area contributed by atoms with Gasteiger partial charge in [0.1, 0.15) is 0 Å². The van der Waals surface area contributed by atoms with Gasteiger partial charge in [-0.15, -0.1) is 0 Å². The fraction of sp³-hybridized carbons (Fsp3) is 0.286. The molecule has 0 saturated carbocycles. The number of fused-ring (bicyclic) bond motifs is 2. The van der Waals surface area contributed by atoms with Crippen LogP contribution in [0.3, 0.4) is 0 Å². The second-order valence-corrected chi connectivity index (χ2v) is 60.9. The molecule has 6 aromatic rings. The first-order chi connectivity index (χ1) is 28.9. The third-order valence-corrected chi connectivity index (χ3v) is 65.6. The molecule has 0 aliphatic heterocycles. The molecule has 0 spiro atoms. The summed E-state index contributed by atoms with van der Waals surface area (Å²) < 4.78 is 0.0857. The average Bonchev–Trinajstić information content (AvgIpc) is 3.83.